The van der Waals surface area contributed by atoms with Crippen LogP contribution in [0.25, 0.3) is 0 Å². The molecule has 0 saturated carbocycles. The van der Waals surface area contributed by atoms with Crippen LogP contribution in [0, 0.1) is 6.92 Å². The largest absolute Gasteiger partial charge is 0.342 e. The van der Waals surface area contributed by atoms with Crippen LogP contribution in [0.1, 0.15) is 46.2 Å². The number of benzene rings is 1. The molecule has 0 fully saturated rings. The van der Waals surface area contributed by atoms with Gasteiger partial charge in [-0.1, -0.05) is 31.0 Å². The van der Waals surface area contributed by atoms with Crippen molar-refractivity contribution in [2.24, 2.45) is 0 Å². The van der Waals surface area contributed by atoms with Gasteiger partial charge in [0.15, 0.2) is 0 Å². The molecule has 6 heteroatoms. The zero-order chi connectivity index (χ0) is 18.4. The predicted octanol–water partition coefficient (Wildman–Crippen LogP) is 4.17. The topological polar surface area (TPSA) is 62.3 Å². The van der Waals surface area contributed by atoms with E-state index in [4.69, 9.17) is 11.6 Å². The van der Waals surface area contributed by atoms with E-state index in [1.165, 1.54) is 12.3 Å². The van der Waals surface area contributed by atoms with Gasteiger partial charge in [-0.05, 0) is 43.2 Å². The number of nitrogens with one attached hydrogen (secondary N) is 1. The van der Waals surface area contributed by atoms with Crippen LogP contribution in [0.15, 0.2) is 36.5 Å². The Morgan fingerprint density at radius 1 is 1.24 bits per heavy atom. The molecule has 0 saturated heterocycles. The summed E-state index contributed by atoms with van der Waals surface area (Å²) in [6.07, 6.45) is 3.43. The molecule has 132 valence electrons. The third kappa shape index (κ3) is 5.03. The highest BCUT2D eigenvalue weighted by Gasteiger charge is 2.15. The van der Waals surface area contributed by atoms with Gasteiger partial charge >= 0.3 is 0 Å². The van der Waals surface area contributed by atoms with E-state index < -0.39 is 0 Å². The van der Waals surface area contributed by atoms with Gasteiger partial charge in [0.1, 0.15) is 5.69 Å². The molecule has 1 N–H and O–H groups in total. The van der Waals surface area contributed by atoms with Crippen molar-refractivity contribution in [2.75, 3.05) is 18.9 Å². The molecule has 2 aromatic rings. The lowest BCUT2D eigenvalue weighted by molar-refractivity contribution is 0.0793. The second-order valence-corrected chi connectivity index (χ2v) is 6.36. The smallest absolute Gasteiger partial charge is 0.274 e. The Morgan fingerprint density at radius 2 is 2.00 bits per heavy atom. The molecule has 2 rings (SSSR count). The minimum atomic E-state index is -0.378. The summed E-state index contributed by atoms with van der Waals surface area (Å²) in [5.41, 5.74) is 2.15. The van der Waals surface area contributed by atoms with Crippen molar-refractivity contribution in [3.63, 3.8) is 0 Å². The van der Waals surface area contributed by atoms with Crippen LogP contribution in [0.2, 0.25) is 5.02 Å². The van der Waals surface area contributed by atoms with Crippen LogP contribution < -0.4 is 5.32 Å². The van der Waals surface area contributed by atoms with Crippen LogP contribution in [-0.4, -0.2) is 35.3 Å². The average molecular weight is 360 g/mol. The first-order chi connectivity index (χ1) is 11.9. The fraction of sp³-hybridized carbons (Fsp3) is 0.316. The Labute approximate surface area is 153 Å². The summed E-state index contributed by atoms with van der Waals surface area (Å²) in [5, 5.41) is 3.32. The van der Waals surface area contributed by atoms with E-state index >= 15 is 0 Å². The number of pyridine rings is 1. The average Bonchev–Trinajstić information content (AvgIpc) is 2.62. The number of rotatable bonds is 6. The molecule has 0 aliphatic carbocycles. The molecule has 0 atom stereocenters. The third-order valence-electron chi connectivity index (χ3n) is 3.88. The normalized spacial score (nSPS) is 10.4. The summed E-state index contributed by atoms with van der Waals surface area (Å²) in [6, 6.07) is 8.40. The van der Waals surface area contributed by atoms with Crippen LogP contribution in [-0.2, 0) is 0 Å². The molecule has 2 amide bonds. The number of hydrogen-bond acceptors (Lipinski definition) is 3. The van der Waals surface area contributed by atoms with Crippen molar-refractivity contribution in [1.29, 1.82) is 0 Å². The summed E-state index contributed by atoms with van der Waals surface area (Å²) in [5.74, 6) is -0.500. The van der Waals surface area contributed by atoms with E-state index in [0.29, 0.717) is 22.8 Å². The maximum atomic E-state index is 12.5. The summed E-state index contributed by atoms with van der Waals surface area (Å²) in [7, 11) is 1.76. The molecule has 5 nitrogen and oxygen atoms in total. The van der Waals surface area contributed by atoms with Crippen LogP contribution in [0.4, 0.5) is 5.69 Å². The number of aryl methyl sites for hydroxylation is 1. The van der Waals surface area contributed by atoms with E-state index in [9.17, 15) is 9.59 Å². The number of unbranched alkanes of at least 4 members (excludes halogenated alkanes) is 1. The number of carbonyl (C=O) groups is 2. The minimum absolute atomic E-state index is 0.121. The van der Waals surface area contributed by atoms with Gasteiger partial charge in [0, 0.05) is 36.1 Å². The molecule has 0 radical (unpaired) electrons. The van der Waals surface area contributed by atoms with Crippen LogP contribution in [0.3, 0.4) is 0 Å². The second-order valence-electron chi connectivity index (χ2n) is 5.92. The monoisotopic (exact) mass is 359 g/mol. The molecule has 0 aliphatic rings. The number of carbonyl (C=O) groups excluding carboxylic acids is 2. The maximum absolute atomic E-state index is 12.5. The highest BCUT2D eigenvalue weighted by atomic mass is 35.5. The summed E-state index contributed by atoms with van der Waals surface area (Å²) in [6.45, 7) is 4.63. The SMILES string of the molecule is CCCCN(C)C(=O)c1ccnc(C(=O)Nc2cc(Cl)ccc2C)c1. The minimum Gasteiger partial charge on any atom is -0.342 e. The fourth-order valence-corrected chi connectivity index (χ4v) is 2.49. The lowest BCUT2D eigenvalue weighted by atomic mass is 10.1. The van der Waals surface area contributed by atoms with Gasteiger partial charge in [0.05, 0.1) is 0 Å². The van der Waals surface area contributed by atoms with E-state index in [1.807, 2.05) is 13.0 Å². The van der Waals surface area contributed by atoms with Gasteiger partial charge < -0.3 is 10.2 Å². The Kier molecular flexibility index (Phi) is 6.53. The van der Waals surface area contributed by atoms with E-state index in [1.54, 1.807) is 30.1 Å². The second kappa shape index (κ2) is 8.62. The van der Waals surface area contributed by atoms with Crippen LogP contribution in [0.5, 0.6) is 0 Å². The van der Waals surface area contributed by atoms with E-state index in [-0.39, 0.29) is 17.5 Å². The molecule has 25 heavy (non-hydrogen) atoms. The zero-order valence-corrected chi connectivity index (χ0v) is 15.4. The van der Waals surface area contributed by atoms with Crippen molar-refractivity contribution in [1.82, 2.24) is 9.88 Å². The number of aromatic nitrogens is 1. The number of hydrogen-bond donors (Lipinski definition) is 1. The summed E-state index contributed by atoms with van der Waals surface area (Å²) >= 11 is 5.97. The molecule has 0 aliphatic heterocycles. The third-order valence-corrected chi connectivity index (χ3v) is 4.12. The van der Waals surface area contributed by atoms with Gasteiger partial charge in [-0.25, -0.2) is 0 Å². The first kappa shape index (κ1) is 18.9. The van der Waals surface area contributed by atoms with E-state index in [2.05, 4.69) is 17.2 Å². The predicted molar refractivity (Wildman–Crippen MR) is 100 cm³/mol. The van der Waals surface area contributed by atoms with Crippen molar-refractivity contribution in [2.45, 2.75) is 26.7 Å². The number of halogens is 1. The molecule has 0 unspecified atom stereocenters. The Morgan fingerprint density at radius 3 is 2.72 bits per heavy atom. The van der Waals surface area contributed by atoms with Crippen molar-refractivity contribution < 1.29 is 9.59 Å². The molecular formula is C19H22ClN3O2. The van der Waals surface area contributed by atoms with Crippen molar-refractivity contribution in [3.8, 4) is 0 Å². The van der Waals surface area contributed by atoms with Gasteiger partial charge in [0.25, 0.3) is 11.8 Å². The molecule has 1 aromatic heterocycles. The lowest BCUT2D eigenvalue weighted by Crippen LogP contribution is -2.28. The fourth-order valence-electron chi connectivity index (χ4n) is 2.32. The standard InChI is InChI=1S/C19H22ClN3O2/c1-4-5-10-23(3)19(25)14-8-9-21-17(11-14)18(24)22-16-12-15(20)7-6-13(16)2/h6-9,11-12H,4-5,10H2,1-3H3,(H,22,24). The molecule has 0 bridgehead atoms. The van der Waals surface area contributed by atoms with E-state index in [0.717, 1.165) is 18.4 Å². The maximum Gasteiger partial charge on any atom is 0.274 e. The molecular weight excluding hydrogens is 338 g/mol. The summed E-state index contributed by atoms with van der Waals surface area (Å²) in [4.78, 5) is 30.6. The quantitative estimate of drug-likeness (QED) is 0.842. The zero-order valence-electron chi connectivity index (χ0n) is 14.7. The molecule has 1 heterocycles. The van der Waals surface area contributed by atoms with Crippen molar-refractivity contribution in [3.05, 3.63) is 58.4 Å². The number of amides is 2. The van der Waals surface area contributed by atoms with Gasteiger partial charge in [-0.2, -0.15) is 0 Å². The lowest BCUT2D eigenvalue weighted by Gasteiger charge is -2.17. The van der Waals surface area contributed by atoms with Gasteiger partial charge in [-0.15, -0.1) is 0 Å². The molecule has 1 aromatic carbocycles. The van der Waals surface area contributed by atoms with Gasteiger partial charge in [0.2, 0.25) is 0 Å². The Hall–Kier alpha value is -2.40. The van der Waals surface area contributed by atoms with Crippen LogP contribution >= 0.6 is 11.6 Å². The van der Waals surface area contributed by atoms with Gasteiger partial charge in [-0.3, -0.25) is 14.6 Å². The first-order valence-corrected chi connectivity index (χ1v) is 8.59. The van der Waals surface area contributed by atoms with Crippen molar-refractivity contribution >= 4 is 29.1 Å². The number of nitrogens with zero attached hydrogens (tertiary/aromatic N) is 2. The highest BCUT2D eigenvalue weighted by Crippen LogP contribution is 2.20. The summed E-state index contributed by atoms with van der Waals surface area (Å²) < 4.78 is 0. The highest BCUT2D eigenvalue weighted by molar-refractivity contribution is 6.31. The number of anilines is 1. The Balaban J connectivity index is 2.16. The Bertz CT molecular complexity index is 777. The molecule has 0 spiro atoms. The first-order valence-electron chi connectivity index (χ1n) is 8.21.